The first-order valence-electron chi connectivity index (χ1n) is 5.66. The third kappa shape index (κ3) is 3.95. The van der Waals surface area contributed by atoms with Crippen LogP contribution < -0.4 is 5.32 Å². The highest BCUT2D eigenvalue weighted by Gasteiger charge is 2.17. The zero-order valence-electron chi connectivity index (χ0n) is 9.75. The maximum atomic E-state index is 5.15. The van der Waals surface area contributed by atoms with Crippen LogP contribution in [0.3, 0.4) is 0 Å². The van der Waals surface area contributed by atoms with Crippen LogP contribution in [0.2, 0.25) is 0 Å². The van der Waals surface area contributed by atoms with Crippen molar-refractivity contribution in [1.82, 2.24) is 10.2 Å². The van der Waals surface area contributed by atoms with Gasteiger partial charge in [0.15, 0.2) is 0 Å². The number of piperidine rings is 1. The Labute approximate surface area is 87.8 Å². The van der Waals surface area contributed by atoms with E-state index in [1.807, 2.05) is 0 Å². The van der Waals surface area contributed by atoms with Gasteiger partial charge < -0.3 is 10.1 Å². The van der Waals surface area contributed by atoms with Crippen molar-refractivity contribution in [1.29, 1.82) is 0 Å². The van der Waals surface area contributed by atoms with Gasteiger partial charge >= 0.3 is 0 Å². The Kier molecular flexibility index (Phi) is 5.45. The minimum atomic E-state index is 0.517. The SMILES string of the molecule is COCC(C)N(C)CC1CCCCN1. The van der Waals surface area contributed by atoms with E-state index in [1.165, 1.54) is 25.8 Å². The number of hydrogen-bond donors (Lipinski definition) is 1. The van der Waals surface area contributed by atoms with Gasteiger partial charge in [-0.05, 0) is 33.4 Å². The molecule has 3 nitrogen and oxygen atoms in total. The van der Waals surface area contributed by atoms with E-state index in [0.29, 0.717) is 12.1 Å². The van der Waals surface area contributed by atoms with E-state index < -0.39 is 0 Å². The van der Waals surface area contributed by atoms with Gasteiger partial charge in [0.2, 0.25) is 0 Å². The summed E-state index contributed by atoms with van der Waals surface area (Å²) in [5, 5.41) is 3.56. The van der Waals surface area contributed by atoms with Crippen LogP contribution >= 0.6 is 0 Å². The molecule has 0 saturated carbocycles. The van der Waals surface area contributed by atoms with Crippen LogP contribution in [0.4, 0.5) is 0 Å². The van der Waals surface area contributed by atoms with Crippen molar-refractivity contribution in [3.63, 3.8) is 0 Å². The highest BCUT2D eigenvalue weighted by atomic mass is 16.5. The van der Waals surface area contributed by atoms with Crippen molar-refractivity contribution < 1.29 is 4.74 Å². The van der Waals surface area contributed by atoms with Crippen molar-refractivity contribution in [3.8, 4) is 0 Å². The number of ether oxygens (including phenoxy) is 1. The van der Waals surface area contributed by atoms with E-state index in [0.717, 1.165) is 13.2 Å². The fourth-order valence-electron chi connectivity index (χ4n) is 1.98. The molecule has 0 radical (unpaired) electrons. The molecule has 1 rings (SSSR count). The number of nitrogens with one attached hydrogen (secondary N) is 1. The van der Waals surface area contributed by atoms with Crippen LogP contribution in [0.25, 0.3) is 0 Å². The summed E-state index contributed by atoms with van der Waals surface area (Å²) in [6, 6.07) is 1.21. The molecule has 84 valence electrons. The van der Waals surface area contributed by atoms with Crippen LogP contribution in [0.1, 0.15) is 26.2 Å². The second-order valence-electron chi connectivity index (χ2n) is 4.39. The molecule has 1 aliphatic heterocycles. The lowest BCUT2D eigenvalue weighted by atomic mass is 10.0. The maximum absolute atomic E-state index is 5.15. The average molecular weight is 200 g/mol. The first-order chi connectivity index (χ1) is 6.74. The molecule has 3 heteroatoms. The summed E-state index contributed by atoms with van der Waals surface area (Å²) < 4.78 is 5.15. The molecular formula is C11H24N2O. The van der Waals surface area contributed by atoms with Gasteiger partial charge in [0.05, 0.1) is 6.61 Å². The molecule has 0 aromatic rings. The molecule has 0 bridgehead atoms. The van der Waals surface area contributed by atoms with E-state index in [4.69, 9.17) is 4.74 Å². The minimum Gasteiger partial charge on any atom is -0.383 e. The van der Waals surface area contributed by atoms with Gasteiger partial charge in [0.25, 0.3) is 0 Å². The van der Waals surface area contributed by atoms with E-state index in [-0.39, 0.29) is 0 Å². The monoisotopic (exact) mass is 200 g/mol. The molecule has 14 heavy (non-hydrogen) atoms. The summed E-state index contributed by atoms with van der Waals surface area (Å²) in [7, 11) is 3.95. The van der Waals surface area contributed by atoms with Crippen molar-refractivity contribution >= 4 is 0 Å². The first kappa shape index (κ1) is 12.0. The lowest BCUT2D eigenvalue weighted by Crippen LogP contribution is -2.45. The summed E-state index contributed by atoms with van der Waals surface area (Å²) >= 11 is 0. The lowest BCUT2D eigenvalue weighted by Gasteiger charge is -2.31. The summed E-state index contributed by atoms with van der Waals surface area (Å²) in [4.78, 5) is 2.38. The van der Waals surface area contributed by atoms with Crippen LogP contribution in [0.5, 0.6) is 0 Å². The summed E-state index contributed by atoms with van der Waals surface area (Å²) in [5.41, 5.74) is 0. The zero-order valence-corrected chi connectivity index (χ0v) is 9.75. The van der Waals surface area contributed by atoms with Gasteiger partial charge in [-0.3, -0.25) is 4.90 Å². The Balaban J connectivity index is 2.20. The number of rotatable bonds is 5. The van der Waals surface area contributed by atoms with Gasteiger partial charge in [0, 0.05) is 25.7 Å². The zero-order chi connectivity index (χ0) is 10.4. The molecule has 1 heterocycles. The second-order valence-corrected chi connectivity index (χ2v) is 4.39. The van der Waals surface area contributed by atoms with Gasteiger partial charge in [-0.1, -0.05) is 6.42 Å². The van der Waals surface area contributed by atoms with E-state index in [2.05, 4.69) is 24.2 Å². The Bertz CT molecular complexity index is 146. The highest BCUT2D eigenvalue weighted by molar-refractivity contribution is 4.76. The topological polar surface area (TPSA) is 24.5 Å². The quantitative estimate of drug-likeness (QED) is 0.719. The average Bonchev–Trinajstić information content (AvgIpc) is 2.19. The smallest absolute Gasteiger partial charge is 0.0615 e. The molecule has 1 fully saturated rings. The van der Waals surface area contributed by atoms with Gasteiger partial charge in [-0.25, -0.2) is 0 Å². The number of nitrogens with zero attached hydrogens (tertiary/aromatic N) is 1. The van der Waals surface area contributed by atoms with Crippen LogP contribution in [0, 0.1) is 0 Å². The van der Waals surface area contributed by atoms with Crippen molar-refractivity contribution in [2.24, 2.45) is 0 Å². The summed E-state index contributed by atoms with van der Waals surface area (Å²) in [6.07, 6.45) is 4.04. The molecule has 0 aliphatic carbocycles. The van der Waals surface area contributed by atoms with Crippen LogP contribution in [0.15, 0.2) is 0 Å². The molecule has 0 amide bonds. The largest absolute Gasteiger partial charge is 0.383 e. The lowest BCUT2D eigenvalue weighted by molar-refractivity contribution is 0.106. The molecule has 1 aliphatic rings. The fraction of sp³-hybridized carbons (Fsp3) is 1.00. The van der Waals surface area contributed by atoms with Gasteiger partial charge in [-0.15, -0.1) is 0 Å². The third-order valence-corrected chi connectivity index (χ3v) is 3.08. The summed E-state index contributed by atoms with van der Waals surface area (Å²) in [5.74, 6) is 0. The Hall–Kier alpha value is -0.120. The minimum absolute atomic E-state index is 0.517. The molecule has 1 N–H and O–H groups in total. The Morgan fingerprint density at radius 1 is 1.50 bits per heavy atom. The molecule has 1 saturated heterocycles. The van der Waals surface area contributed by atoms with Crippen LogP contribution in [-0.4, -0.2) is 50.8 Å². The molecule has 0 spiro atoms. The number of likely N-dealkylation sites (N-methyl/N-ethyl adjacent to an activating group) is 1. The van der Waals surface area contributed by atoms with Gasteiger partial charge in [-0.2, -0.15) is 0 Å². The van der Waals surface area contributed by atoms with Crippen molar-refractivity contribution in [2.45, 2.75) is 38.3 Å². The van der Waals surface area contributed by atoms with Crippen molar-refractivity contribution in [3.05, 3.63) is 0 Å². The number of methoxy groups -OCH3 is 1. The molecular weight excluding hydrogens is 176 g/mol. The third-order valence-electron chi connectivity index (χ3n) is 3.08. The highest BCUT2D eigenvalue weighted by Crippen LogP contribution is 2.09. The maximum Gasteiger partial charge on any atom is 0.0615 e. The Morgan fingerprint density at radius 3 is 2.86 bits per heavy atom. The summed E-state index contributed by atoms with van der Waals surface area (Å²) in [6.45, 7) is 5.37. The number of hydrogen-bond acceptors (Lipinski definition) is 3. The van der Waals surface area contributed by atoms with E-state index in [1.54, 1.807) is 7.11 Å². The first-order valence-corrected chi connectivity index (χ1v) is 5.66. The molecule has 0 aromatic carbocycles. The second kappa shape index (κ2) is 6.38. The van der Waals surface area contributed by atoms with Gasteiger partial charge in [0.1, 0.15) is 0 Å². The van der Waals surface area contributed by atoms with E-state index >= 15 is 0 Å². The molecule has 2 atom stereocenters. The fourth-order valence-corrected chi connectivity index (χ4v) is 1.98. The predicted octanol–water partition coefficient (Wildman–Crippen LogP) is 1.10. The standard InChI is InChI=1S/C11H24N2O/c1-10(9-14-3)13(2)8-11-6-4-5-7-12-11/h10-12H,4-9H2,1-3H3. The van der Waals surface area contributed by atoms with Crippen LogP contribution in [-0.2, 0) is 4.74 Å². The van der Waals surface area contributed by atoms with Crippen molar-refractivity contribution in [2.75, 3.05) is 33.9 Å². The normalized spacial score (nSPS) is 25.3. The molecule has 2 unspecified atom stereocenters. The molecule has 0 aromatic heterocycles. The van der Waals surface area contributed by atoms with E-state index in [9.17, 15) is 0 Å². The predicted molar refractivity (Wildman–Crippen MR) is 59.6 cm³/mol. The Morgan fingerprint density at radius 2 is 2.29 bits per heavy atom.